The number of hydrogen-bond acceptors (Lipinski definition) is 5. The van der Waals surface area contributed by atoms with Gasteiger partial charge >= 0.3 is 0 Å². The Labute approximate surface area is 127 Å². The number of nitrogens with zero attached hydrogens (tertiary/aromatic N) is 3. The smallest absolute Gasteiger partial charge is 0.257 e. The van der Waals surface area contributed by atoms with Crippen LogP contribution in [-0.2, 0) is 4.74 Å². The molecular weight excluding hydrogens is 284 g/mol. The Morgan fingerprint density at radius 1 is 1.45 bits per heavy atom. The highest BCUT2D eigenvalue weighted by molar-refractivity contribution is 5.99. The number of nitrogens with one attached hydrogen (secondary N) is 1. The van der Waals surface area contributed by atoms with Gasteiger partial charge in [-0.15, -0.1) is 0 Å². The van der Waals surface area contributed by atoms with Crippen molar-refractivity contribution in [1.29, 1.82) is 0 Å². The molecule has 0 saturated carbocycles. The van der Waals surface area contributed by atoms with Gasteiger partial charge in [0.25, 0.3) is 5.91 Å². The minimum Gasteiger partial charge on any atom is -0.472 e. The summed E-state index contributed by atoms with van der Waals surface area (Å²) in [7, 11) is 2.09. The highest BCUT2D eigenvalue weighted by atomic mass is 16.5. The number of likely N-dealkylation sites (N-methyl/N-ethyl adjacent to an activating group) is 1. The van der Waals surface area contributed by atoms with Gasteiger partial charge in [0.15, 0.2) is 0 Å². The molecule has 2 fully saturated rings. The molecule has 0 spiro atoms. The first-order valence-corrected chi connectivity index (χ1v) is 7.41. The van der Waals surface area contributed by atoms with Crippen LogP contribution in [0.1, 0.15) is 10.4 Å². The van der Waals surface area contributed by atoms with Gasteiger partial charge in [-0.25, -0.2) is 0 Å². The first kappa shape index (κ1) is 13.5. The number of carbonyl (C=O) groups excluding carboxylic acids is 1. The van der Waals surface area contributed by atoms with Gasteiger partial charge in [0.1, 0.15) is 0 Å². The molecule has 2 saturated heterocycles. The van der Waals surface area contributed by atoms with E-state index in [-0.39, 0.29) is 18.1 Å². The second-order valence-corrected chi connectivity index (χ2v) is 5.84. The fourth-order valence-electron chi connectivity index (χ4n) is 3.27. The molecule has 0 radical (unpaired) electrons. The average molecular weight is 302 g/mol. The number of aromatic nitrogens is 2. The van der Waals surface area contributed by atoms with E-state index in [4.69, 9.17) is 9.15 Å². The number of furan rings is 1. The standard InChI is InChI=1S/C15H18N4O3/c1-18-3-5-22-13-8-19(7-12(13)18)15(20)11-6-16-17-14(11)10-2-4-21-9-10/h2,4,6,9,12-13H,3,5,7-8H2,1H3,(H,16,17)/t12-,13+/m0/s1. The van der Waals surface area contributed by atoms with Crippen LogP contribution in [-0.4, -0.2) is 71.3 Å². The molecule has 2 aromatic rings. The molecule has 1 amide bonds. The lowest BCUT2D eigenvalue weighted by atomic mass is 10.1. The second-order valence-electron chi connectivity index (χ2n) is 5.84. The van der Waals surface area contributed by atoms with Gasteiger partial charge in [-0.1, -0.05) is 0 Å². The molecule has 4 rings (SSSR count). The monoisotopic (exact) mass is 302 g/mol. The SMILES string of the molecule is CN1CCO[C@@H]2CN(C(=O)c3cn[nH]c3-c3ccoc3)C[C@@H]21. The van der Waals surface area contributed by atoms with Crippen molar-refractivity contribution in [2.75, 3.05) is 33.3 Å². The molecule has 2 aromatic heterocycles. The highest BCUT2D eigenvalue weighted by Crippen LogP contribution is 2.27. The quantitative estimate of drug-likeness (QED) is 0.889. The van der Waals surface area contributed by atoms with Crippen LogP contribution < -0.4 is 0 Å². The largest absolute Gasteiger partial charge is 0.472 e. The van der Waals surface area contributed by atoms with Crippen molar-refractivity contribution in [3.63, 3.8) is 0 Å². The van der Waals surface area contributed by atoms with E-state index in [9.17, 15) is 4.79 Å². The summed E-state index contributed by atoms with van der Waals surface area (Å²) < 4.78 is 10.9. The molecule has 22 heavy (non-hydrogen) atoms. The molecule has 4 heterocycles. The number of hydrogen-bond donors (Lipinski definition) is 1. The molecule has 2 aliphatic heterocycles. The zero-order valence-electron chi connectivity index (χ0n) is 12.4. The minimum atomic E-state index is -0.0173. The zero-order chi connectivity index (χ0) is 15.1. The summed E-state index contributed by atoms with van der Waals surface area (Å²) in [5.74, 6) is -0.0173. The molecule has 2 atom stereocenters. The number of amides is 1. The molecule has 2 aliphatic rings. The topological polar surface area (TPSA) is 74.6 Å². The normalized spacial score (nSPS) is 25.4. The van der Waals surface area contributed by atoms with Crippen molar-refractivity contribution in [1.82, 2.24) is 20.0 Å². The lowest BCUT2D eigenvalue weighted by molar-refractivity contribution is -0.0368. The number of morpholine rings is 1. The van der Waals surface area contributed by atoms with Gasteiger partial charge in [0, 0.05) is 25.2 Å². The fraction of sp³-hybridized carbons (Fsp3) is 0.467. The third kappa shape index (κ3) is 2.13. The van der Waals surface area contributed by atoms with E-state index >= 15 is 0 Å². The Morgan fingerprint density at radius 3 is 3.14 bits per heavy atom. The van der Waals surface area contributed by atoms with E-state index < -0.39 is 0 Å². The molecule has 0 aromatic carbocycles. The molecular formula is C15H18N4O3. The van der Waals surface area contributed by atoms with Crippen molar-refractivity contribution in [3.8, 4) is 11.3 Å². The van der Waals surface area contributed by atoms with E-state index in [0.717, 1.165) is 18.7 Å². The van der Waals surface area contributed by atoms with Crippen molar-refractivity contribution < 1.29 is 13.9 Å². The number of H-pyrrole nitrogens is 1. The number of carbonyl (C=O) groups is 1. The van der Waals surface area contributed by atoms with Crippen LogP contribution in [0.2, 0.25) is 0 Å². The Morgan fingerprint density at radius 2 is 2.36 bits per heavy atom. The van der Waals surface area contributed by atoms with Crippen LogP contribution in [0.4, 0.5) is 0 Å². The van der Waals surface area contributed by atoms with Crippen molar-refractivity contribution in [2.24, 2.45) is 0 Å². The Balaban J connectivity index is 1.57. The summed E-state index contributed by atoms with van der Waals surface area (Å²) in [6.07, 6.45) is 4.87. The molecule has 7 heteroatoms. The van der Waals surface area contributed by atoms with Crippen LogP contribution in [0.3, 0.4) is 0 Å². The maximum atomic E-state index is 12.8. The molecule has 116 valence electrons. The number of rotatable bonds is 2. The van der Waals surface area contributed by atoms with Gasteiger partial charge < -0.3 is 14.1 Å². The maximum Gasteiger partial charge on any atom is 0.257 e. The van der Waals surface area contributed by atoms with Gasteiger partial charge in [-0.2, -0.15) is 5.10 Å². The van der Waals surface area contributed by atoms with Crippen molar-refractivity contribution in [3.05, 3.63) is 30.4 Å². The number of aromatic amines is 1. The summed E-state index contributed by atoms with van der Waals surface area (Å²) in [6.45, 7) is 2.96. The summed E-state index contributed by atoms with van der Waals surface area (Å²) in [5.41, 5.74) is 2.09. The predicted molar refractivity (Wildman–Crippen MR) is 78.4 cm³/mol. The van der Waals surface area contributed by atoms with Crippen molar-refractivity contribution >= 4 is 5.91 Å². The maximum absolute atomic E-state index is 12.8. The number of fused-ring (bicyclic) bond motifs is 1. The Hall–Kier alpha value is -2.12. The van der Waals surface area contributed by atoms with E-state index in [1.807, 2.05) is 11.0 Å². The predicted octanol–water partition coefficient (Wildman–Crippen LogP) is 0.825. The lowest BCUT2D eigenvalue weighted by Crippen LogP contribution is -2.48. The van der Waals surface area contributed by atoms with Gasteiger partial charge in [-0.05, 0) is 13.1 Å². The average Bonchev–Trinajstić information content (AvgIpc) is 3.25. The highest BCUT2D eigenvalue weighted by Gasteiger charge is 2.41. The number of likely N-dealkylation sites (tertiary alicyclic amines) is 1. The summed E-state index contributed by atoms with van der Waals surface area (Å²) in [6, 6.07) is 2.09. The number of ether oxygens (including phenoxy) is 1. The lowest BCUT2D eigenvalue weighted by Gasteiger charge is -2.33. The summed E-state index contributed by atoms with van der Waals surface area (Å²) in [4.78, 5) is 17.0. The first-order chi connectivity index (χ1) is 10.7. The van der Waals surface area contributed by atoms with E-state index in [2.05, 4.69) is 22.1 Å². The molecule has 7 nitrogen and oxygen atoms in total. The van der Waals surface area contributed by atoms with Gasteiger partial charge in [0.2, 0.25) is 0 Å². The van der Waals surface area contributed by atoms with Crippen LogP contribution in [0.5, 0.6) is 0 Å². The summed E-state index contributed by atoms with van der Waals surface area (Å²) >= 11 is 0. The second kappa shape index (κ2) is 5.26. The zero-order valence-corrected chi connectivity index (χ0v) is 12.4. The van der Waals surface area contributed by atoms with Crippen LogP contribution >= 0.6 is 0 Å². The fourth-order valence-corrected chi connectivity index (χ4v) is 3.27. The third-order valence-electron chi connectivity index (χ3n) is 4.55. The van der Waals surface area contributed by atoms with Crippen molar-refractivity contribution in [2.45, 2.75) is 12.1 Å². The van der Waals surface area contributed by atoms with E-state index in [1.54, 1.807) is 18.7 Å². The summed E-state index contributed by atoms with van der Waals surface area (Å²) in [5, 5.41) is 6.91. The molecule has 0 bridgehead atoms. The van der Waals surface area contributed by atoms with Gasteiger partial charge in [-0.3, -0.25) is 14.8 Å². The Kier molecular flexibility index (Phi) is 3.24. The third-order valence-corrected chi connectivity index (χ3v) is 4.55. The van der Waals surface area contributed by atoms with Gasteiger partial charge in [0.05, 0.1) is 48.7 Å². The first-order valence-electron chi connectivity index (χ1n) is 7.41. The minimum absolute atomic E-state index is 0.0173. The Bertz CT molecular complexity index is 666. The van der Waals surface area contributed by atoms with Crippen LogP contribution in [0.15, 0.2) is 29.2 Å². The van der Waals surface area contributed by atoms with E-state index in [1.165, 1.54) is 0 Å². The van der Waals surface area contributed by atoms with E-state index in [0.29, 0.717) is 24.3 Å². The van der Waals surface area contributed by atoms with Crippen LogP contribution in [0.25, 0.3) is 11.3 Å². The molecule has 0 unspecified atom stereocenters. The molecule has 1 N–H and O–H groups in total. The molecule has 0 aliphatic carbocycles. The van der Waals surface area contributed by atoms with Crippen LogP contribution in [0, 0.1) is 0 Å².